The highest BCUT2D eigenvalue weighted by atomic mass is 19.1. The maximum absolute atomic E-state index is 14.0. The minimum absolute atomic E-state index is 0.114. The summed E-state index contributed by atoms with van der Waals surface area (Å²) in [6.07, 6.45) is 0. The van der Waals surface area contributed by atoms with Gasteiger partial charge < -0.3 is 10.2 Å². The Labute approximate surface area is 109 Å². The summed E-state index contributed by atoms with van der Waals surface area (Å²) in [4.78, 5) is 2.20. The molecule has 0 aliphatic carbocycles. The van der Waals surface area contributed by atoms with E-state index >= 15 is 0 Å². The van der Waals surface area contributed by atoms with E-state index in [2.05, 4.69) is 31.0 Å². The van der Waals surface area contributed by atoms with Gasteiger partial charge in [-0.1, -0.05) is 19.9 Å². The first kappa shape index (κ1) is 13.3. The maximum Gasteiger partial charge on any atom is 0.146 e. The number of hydrogen-bond donors (Lipinski definition) is 1. The summed E-state index contributed by atoms with van der Waals surface area (Å²) in [6.45, 7) is 10.4. The first-order valence-electron chi connectivity index (χ1n) is 6.75. The van der Waals surface area contributed by atoms with Gasteiger partial charge in [0.05, 0.1) is 5.69 Å². The van der Waals surface area contributed by atoms with E-state index in [1.54, 1.807) is 6.07 Å². The summed E-state index contributed by atoms with van der Waals surface area (Å²) >= 11 is 0. The van der Waals surface area contributed by atoms with Crippen LogP contribution in [-0.2, 0) is 0 Å². The van der Waals surface area contributed by atoms with E-state index < -0.39 is 0 Å². The lowest BCUT2D eigenvalue weighted by Crippen LogP contribution is -2.57. The van der Waals surface area contributed by atoms with Gasteiger partial charge in [0.2, 0.25) is 0 Å². The lowest BCUT2D eigenvalue weighted by atomic mass is 9.99. The van der Waals surface area contributed by atoms with Crippen LogP contribution in [0.2, 0.25) is 0 Å². The van der Waals surface area contributed by atoms with Gasteiger partial charge >= 0.3 is 0 Å². The van der Waals surface area contributed by atoms with E-state index in [0.29, 0.717) is 18.0 Å². The number of aryl methyl sites for hydroxylation is 1. The van der Waals surface area contributed by atoms with E-state index in [1.807, 2.05) is 19.1 Å². The fraction of sp³-hybridized carbons (Fsp3) is 0.600. The fourth-order valence-electron chi connectivity index (χ4n) is 2.51. The molecule has 2 nitrogen and oxygen atoms in total. The first-order valence-corrected chi connectivity index (χ1v) is 6.75. The highest BCUT2D eigenvalue weighted by Crippen LogP contribution is 2.25. The van der Waals surface area contributed by atoms with Crippen molar-refractivity contribution in [2.75, 3.05) is 18.0 Å². The molecule has 1 aliphatic rings. The second-order valence-electron chi connectivity index (χ2n) is 5.72. The van der Waals surface area contributed by atoms with Crippen molar-refractivity contribution < 1.29 is 4.39 Å². The fourth-order valence-corrected chi connectivity index (χ4v) is 2.51. The topological polar surface area (TPSA) is 15.3 Å². The molecule has 2 atom stereocenters. The molecule has 0 amide bonds. The van der Waals surface area contributed by atoms with E-state index in [-0.39, 0.29) is 5.82 Å². The third-order valence-corrected chi connectivity index (χ3v) is 3.82. The van der Waals surface area contributed by atoms with Crippen LogP contribution in [0.4, 0.5) is 10.1 Å². The number of rotatable bonds is 2. The van der Waals surface area contributed by atoms with Crippen molar-refractivity contribution in [3.63, 3.8) is 0 Å². The van der Waals surface area contributed by atoms with Gasteiger partial charge in [0.1, 0.15) is 5.82 Å². The summed E-state index contributed by atoms with van der Waals surface area (Å²) in [7, 11) is 0. The molecule has 1 fully saturated rings. The van der Waals surface area contributed by atoms with Gasteiger partial charge in [-0.3, -0.25) is 0 Å². The highest BCUT2D eigenvalue weighted by Gasteiger charge is 2.28. The van der Waals surface area contributed by atoms with Crippen LogP contribution in [0.15, 0.2) is 18.2 Å². The minimum atomic E-state index is -0.114. The van der Waals surface area contributed by atoms with Crippen molar-refractivity contribution in [1.82, 2.24) is 5.32 Å². The van der Waals surface area contributed by atoms with Crippen LogP contribution in [0.3, 0.4) is 0 Å². The van der Waals surface area contributed by atoms with Crippen LogP contribution in [0, 0.1) is 18.7 Å². The van der Waals surface area contributed by atoms with Crippen LogP contribution >= 0.6 is 0 Å². The van der Waals surface area contributed by atoms with E-state index in [4.69, 9.17) is 0 Å². The second-order valence-corrected chi connectivity index (χ2v) is 5.72. The Bertz CT molecular complexity index is 417. The third-order valence-electron chi connectivity index (χ3n) is 3.82. The summed E-state index contributed by atoms with van der Waals surface area (Å²) in [6, 6.07) is 6.11. The summed E-state index contributed by atoms with van der Waals surface area (Å²) in [5, 5.41) is 3.54. The molecule has 1 N–H and O–H groups in total. The van der Waals surface area contributed by atoms with Crippen molar-refractivity contribution in [2.24, 2.45) is 5.92 Å². The molecule has 1 aromatic carbocycles. The summed E-state index contributed by atoms with van der Waals surface area (Å²) in [5.41, 5.74) is 1.85. The van der Waals surface area contributed by atoms with Crippen LogP contribution in [-0.4, -0.2) is 25.2 Å². The molecule has 2 rings (SSSR count). The normalized spacial score (nSPS) is 24.7. The van der Waals surface area contributed by atoms with Gasteiger partial charge in [-0.25, -0.2) is 4.39 Å². The van der Waals surface area contributed by atoms with Gasteiger partial charge in [-0.15, -0.1) is 0 Å². The van der Waals surface area contributed by atoms with E-state index in [0.717, 1.165) is 24.3 Å². The van der Waals surface area contributed by atoms with E-state index in [9.17, 15) is 4.39 Å². The van der Waals surface area contributed by atoms with E-state index in [1.165, 1.54) is 0 Å². The van der Waals surface area contributed by atoms with Crippen LogP contribution in [0.5, 0.6) is 0 Å². The SMILES string of the molecule is Cc1ccc(F)c(N2CC(C(C)C)NCC2C)c1. The Kier molecular flexibility index (Phi) is 3.91. The third kappa shape index (κ3) is 2.66. The monoisotopic (exact) mass is 250 g/mol. The lowest BCUT2D eigenvalue weighted by molar-refractivity contribution is 0.335. The van der Waals surface area contributed by atoms with Crippen molar-refractivity contribution in [2.45, 2.75) is 39.8 Å². The van der Waals surface area contributed by atoms with Gasteiger partial charge in [0.25, 0.3) is 0 Å². The zero-order chi connectivity index (χ0) is 13.3. The van der Waals surface area contributed by atoms with Crippen LogP contribution in [0.1, 0.15) is 26.3 Å². The molecule has 0 aromatic heterocycles. The van der Waals surface area contributed by atoms with Crippen LogP contribution in [0.25, 0.3) is 0 Å². The van der Waals surface area contributed by atoms with Gasteiger partial charge in [-0.05, 0) is 37.5 Å². The lowest BCUT2D eigenvalue weighted by Gasteiger charge is -2.42. The Hall–Kier alpha value is -1.09. The minimum Gasteiger partial charge on any atom is -0.364 e. The number of nitrogens with zero attached hydrogens (tertiary/aromatic N) is 1. The molecular formula is C15H23FN2. The largest absolute Gasteiger partial charge is 0.364 e. The highest BCUT2D eigenvalue weighted by molar-refractivity contribution is 5.51. The van der Waals surface area contributed by atoms with Gasteiger partial charge in [0.15, 0.2) is 0 Å². The van der Waals surface area contributed by atoms with Gasteiger partial charge in [0, 0.05) is 25.2 Å². The Morgan fingerprint density at radius 2 is 2.11 bits per heavy atom. The smallest absolute Gasteiger partial charge is 0.146 e. The molecule has 0 saturated carbocycles. The Morgan fingerprint density at radius 1 is 1.39 bits per heavy atom. The molecule has 1 heterocycles. The summed E-state index contributed by atoms with van der Waals surface area (Å²) in [5.74, 6) is 0.449. The number of hydrogen-bond acceptors (Lipinski definition) is 2. The molecule has 18 heavy (non-hydrogen) atoms. The Balaban J connectivity index is 2.26. The number of benzene rings is 1. The zero-order valence-electron chi connectivity index (χ0n) is 11.7. The van der Waals surface area contributed by atoms with Gasteiger partial charge in [-0.2, -0.15) is 0 Å². The molecule has 3 heteroatoms. The molecule has 0 spiro atoms. The molecule has 1 saturated heterocycles. The number of halogens is 1. The number of nitrogens with one attached hydrogen (secondary N) is 1. The van der Waals surface area contributed by atoms with Crippen molar-refractivity contribution in [1.29, 1.82) is 0 Å². The van der Waals surface area contributed by atoms with Crippen molar-refractivity contribution in [3.8, 4) is 0 Å². The molecular weight excluding hydrogens is 227 g/mol. The Morgan fingerprint density at radius 3 is 2.78 bits per heavy atom. The first-order chi connectivity index (χ1) is 8.49. The second kappa shape index (κ2) is 5.27. The predicted molar refractivity (Wildman–Crippen MR) is 74.6 cm³/mol. The van der Waals surface area contributed by atoms with Crippen molar-refractivity contribution in [3.05, 3.63) is 29.6 Å². The van der Waals surface area contributed by atoms with Crippen molar-refractivity contribution >= 4 is 5.69 Å². The molecule has 0 bridgehead atoms. The van der Waals surface area contributed by atoms with Crippen LogP contribution < -0.4 is 10.2 Å². The maximum atomic E-state index is 14.0. The summed E-state index contributed by atoms with van der Waals surface area (Å²) < 4.78 is 14.0. The average molecular weight is 250 g/mol. The molecule has 100 valence electrons. The molecule has 1 aromatic rings. The standard InChI is InChI=1S/C15H23FN2/c1-10(2)14-9-18(12(4)8-17-14)15-7-11(3)5-6-13(15)16/h5-7,10,12,14,17H,8-9H2,1-4H3. The molecule has 0 radical (unpaired) electrons. The quantitative estimate of drug-likeness (QED) is 0.868. The molecule has 1 aliphatic heterocycles. The molecule has 2 unspecified atom stereocenters. The number of anilines is 1. The average Bonchev–Trinajstić information content (AvgIpc) is 2.33. The predicted octanol–water partition coefficient (Wildman–Crippen LogP) is 2.96. The number of piperazine rings is 1. The zero-order valence-corrected chi connectivity index (χ0v) is 11.7.